The third-order valence-corrected chi connectivity index (χ3v) is 4.98. The number of methoxy groups -OCH3 is 2. The van der Waals surface area contributed by atoms with Gasteiger partial charge in [0.05, 0.1) is 14.2 Å². The molecular weight excluding hydrogens is 336 g/mol. The minimum Gasteiger partial charge on any atom is -0.493 e. The first kappa shape index (κ1) is 17.2. The number of hydrogen-bond acceptors (Lipinski definition) is 3. The van der Waals surface area contributed by atoms with E-state index in [1.165, 1.54) is 16.7 Å². The third-order valence-electron chi connectivity index (χ3n) is 4.98. The van der Waals surface area contributed by atoms with E-state index in [0.717, 1.165) is 17.1 Å². The summed E-state index contributed by atoms with van der Waals surface area (Å²) >= 11 is 0. The highest BCUT2D eigenvalue weighted by molar-refractivity contribution is 5.70. The molecule has 1 heterocycles. The fourth-order valence-corrected chi connectivity index (χ4v) is 3.56. The van der Waals surface area contributed by atoms with Crippen LogP contribution in [0.4, 0.5) is 0 Å². The Morgan fingerprint density at radius 2 is 1.48 bits per heavy atom. The van der Waals surface area contributed by atoms with E-state index in [2.05, 4.69) is 49.4 Å². The lowest BCUT2D eigenvalue weighted by molar-refractivity contribution is 0.354. The number of hydrogen-bond donors (Lipinski definition) is 0. The maximum absolute atomic E-state index is 6.25. The van der Waals surface area contributed by atoms with Gasteiger partial charge in [0, 0.05) is 17.0 Å². The number of benzene rings is 3. The van der Waals surface area contributed by atoms with E-state index < -0.39 is 0 Å². The molecule has 1 aliphatic heterocycles. The minimum atomic E-state index is 0.138. The Balaban J connectivity index is 1.84. The van der Waals surface area contributed by atoms with Gasteiger partial charge in [0.2, 0.25) is 0 Å². The molecule has 0 amide bonds. The molecule has 0 radical (unpaired) electrons. The number of ether oxygens (including phenoxy) is 3. The van der Waals surface area contributed by atoms with Gasteiger partial charge in [-0.2, -0.15) is 0 Å². The van der Waals surface area contributed by atoms with Crippen LogP contribution < -0.4 is 14.2 Å². The van der Waals surface area contributed by atoms with Crippen LogP contribution in [0.1, 0.15) is 28.2 Å². The maximum atomic E-state index is 6.25. The van der Waals surface area contributed by atoms with Crippen LogP contribution >= 0.6 is 0 Å². The predicted molar refractivity (Wildman–Crippen MR) is 108 cm³/mol. The zero-order chi connectivity index (χ0) is 18.8. The van der Waals surface area contributed by atoms with Gasteiger partial charge >= 0.3 is 0 Å². The van der Waals surface area contributed by atoms with Gasteiger partial charge in [-0.25, -0.2) is 0 Å². The summed E-state index contributed by atoms with van der Waals surface area (Å²) < 4.78 is 17.1. The van der Waals surface area contributed by atoms with E-state index in [1.807, 2.05) is 30.3 Å². The van der Waals surface area contributed by atoms with E-state index >= 15 is 0 Å². The number of allylic oxidation sites excluding steroid dienone is 1. The molecule has 1 aliphatic rings. The van der Waals surface area contributed by atoms with Gasteiger partial charge < -0.3 is 14.2 Å². The topological polar surface area (TPSA) is 27.7 Å². The fourth-order valence-electron chi connectivity index (χ4n) is 3.56. The van der Waals surface area contributed by atoms with Crippen LogP contribution in [-0.2, 0) is 0 Å². The van der Waals surface area contributed by atoms with Gasteiger partial charge in [-0.15, -0.1) is 0 Å². The molecule has 0 aliphatic carbocycles. The van der Waals surface area contributed by atoms with Crippen LogP contribution in [-0.4, -0.2) is 14.2 Å². The molecule has 0 spiro atoms. The zero-order valence-electron chi connectivity index (χ0n) is 15.7. The SMILES string of the molecule is COc1ccc(C2=CC(c3ccccc3C)c3ccccc3O2)cc1OC. The summed E-state index contributed by atoms with van der Waals surface area (Å²) in [7, 11) is 3.28. The Kier molecular flexibility index (Phi) is 4.59. The summed E-state index contributed by atoms with van der Waals surface area (Å²) in [6, 6.07) is 22.6. The Morgan fingerprint density at radius 1 is 0.778 bits per heavy atom. The second-order valence-corrected chi connectivity index (χ2v) is 6.57. The van der Waals surface area contributed by atoms with Crippen molar-refractivity contribution in [2.75, 3.05) is 14.2 Å². The highest BCUT2D eigenvalue weighted by Crippen LogP contribution is 2.42. The second kappa shape index (κ2) is 7.20. The van der Waals surface area contributed by atoms with Crippen molar-refractivity contribution in [1.29, 1.82) is 0 Å². The average Bonchev–Trinajstić information content (AvgIpc) is 2.73. The number of rotatable bonds is 4. The predicted octanol–water partition coefficient (Wildman–Crippen LogP) is 5.58. The second-order valence-electron chi connectivity index (χ2n) is 6.57. The van der Waals surface area contributed by atoms with Crippen molar-refractivity contribution in [2.45, 2.75) is 12.8 Å². The van der Waals surface area contributed by atoms with Crippen LogP contribution in [0.15, 0.2) is 72.8 Å². The molecule has 1 atom stereocenters. The summed E-state index contributed by atoms with van der Waals surface area (Å²) in [6.45, 7) is 2.15. The molecule has 1 unspecified atom stereocenters. The normalized spacial score (nSPS) is 15.4. The van der Waals surface area contributed by atoms with Crippen molar-refractivity contribution in [2.24, 2.45) is 0 Å². The van der Waals surface area contributed by atoms with Crippen molar-refractivity contribution >= 4 is 5.76 Å². The summed E-state index contributed by atoms with van der Waals surface area (Å²) in [5, 5.41) is 0. The highest BCUT2D eigenvalue weighted by atomic mass is 16.5. The van der Waals surface area contributed by atoms with Crippen molar-refractivity contribution in [3.05, 3.63) is 95.1 Å². The fraction of sp³-hybridized carbons (Fsp3) is 0.167. The van der Waals surface area contributed by atoms with E-state index in [0.29, 0.717) is 11.5 Å². The van der Waals surface area contributed by atoms with Crippen molar-refractivity contribution in [3.8, 4) is 17.2 Å². The molecule has 3 aromatic carbocycles. The molecule has 4 rings (SSSR count). The van der Waals surface area contributed by atoms with Crippen LogP contribution in [0.2, 0.25) is 0 Å². The molecule has 0 bridgehead atoms. The van der Waals surface area contributed by atoms with Crippen LogP contribution in [0.3, 0.4) is 0 Å². The monoisotopic (exact) mass is 358 g/mol. The summed E-state index contributed by atoms with van der Waals surface area (Å²) in [6.07, 6.45) is 2.19. The average molecular weight is 358 g/mol. The molecular formula is C24H22O3. The molecule has 3 heteroatoms. The summed E-state index contributed by atoms with van der Waals surface area (Å²) in [5.74, 6) is 3.24. The van der Waals surface area contributed by atoms with Gasteiger partial charge in [-0.3, -0.25) is 0 Å². The Bertz CT molecular complexity index is 1000. The van der Waals surface area contributed by atoms with Crippen molar-refractivity contribution < 1.29 is 14.2 Å². The molecule has 0 saturated heterocycles. The number of fused-ring (bicyclic) bond motifs is 1. The Morgan fingerprint density at radius 3 is 2.22 bits per heavy atom. The Labute approximate surface area is 159 Å². The van der Waals surface area contributed by atoms with Gasteiger partial charge in [0.15, 0.2) is 11.5 Å². The molecule has 0 fully saturated rings. The highest BCUT2D eigenvalue weighted by Gasteiger charge is 2.25. The summed E-state index contributed by atoms with van der Waals surface area (Å²) in [4.78, 5) is 0. The molecule has 3 aromatic rings. The van der Waals surface area contributed by atoms with E-state index in [1.54, 1.807) is 14.2 Å². The smallest absolute Gasteiger partial charge is 0.161 e. The van der Waals surface area contributed by atoms with Crippen LogP contribution in [0.25, 0.3) is 5.76 Å². The minimum absolute atomic E-state index is 0.138. The molecule has 0 saturated carbocycles. The zero-order valence-corrected chi connectivity index (χ0v) is 15.7. The third kappa shape index (κ3) is 3.17. The van der Waals surface area contributed by atoms with E-state index in [4.69, 9.17) is 14.2 Å². The molecule has 0 aromatic heterocycles. The van der Waals surface area contributed by atoms with E-state index in [9.17, 15) is 0 Å². The first-order valence-corrected chi connectivity index (χ1v) is 8.98. The van der Waals surface area contributed by atoms with Gasteiger partial charge in [-0.05, 0) is 48.4 Å². The van der Waals surface area contributed by atoms with Crippen LogP contribution in [0.5, 0.6) is 17.2 Å². The maximum Gasteiger partial charge on any atom is 0.161 e. The molecule has 0 N–H and O–H groups in total. The van der Waals surface area contributed by atoms with Crippen molar-refractivity contribution in [3.63, 3.8) is 0 Å². The van der Waals surface area contributed by atoms with E-state index in [-0.39, 0.29) is 5.92 Å². The largest absolute Gasteiger partial charge is 0.493 e. The molecule has 136 valence electrons. The number of aryl methyl sites for hydroxylation is 1. The lowest BCUT2D eigenvalue weighted by Crippen LogP contribution is -2.11. The summed E-state index contributed by atoms with van der Waals surface area (Å²) in [5.41, 5.74) is 4.69. The lowest BCUT2D eigenvalue weighted by Gasteiger charge is -2.26. The number of para-hydroxylation sites is 1. The van der Waals surface area contributed by atoms with Gasteiger partial charge in [0.25, 0.3) is 0 Å². The standard InChI is InChI=1S/C24H22O3/c1-16-8-4-5-9-18(16)20-15-23(27-21-11-7-6-10-19(20)21)17-12-13-22(25-2)24(14-17)26-3/h4-15,20H,1-3H3. The first-order chi connectivity index (χ1) is 13.2. The van der Waals surface area contributed by atoms with Gasteiger partial charge in [-0.1, -0.05) is 42.5 Å². The Hall–Kier alpha value is -3.20. The molecule has 27 heavy (non-hydrogen) atoms. The lowest BCUT2D eigenvalue weighted by atomic mass is 9.85. The van der Waals surface area contributed by atoms with Crippen molar-refractivity contribution in [1.82, 2.24) is 0 Å². The van der Waals surface area contributed by atoms with Crippen LogP contribution in [0, 0.1) is 6.92 Å². The molecule has 3 nitrogen and oxygen atoms in total. The first-order valence-electron chi connectivity index (χ1n) is 8.98. The van der Waals surface area contributed by atoms with Gasteiger partial charge in [0.1, 0.15) is 11.5 Å². The quantitative estimate of drug-likeness (QED) is 0.609.